The van der Waals surface area contributed by atoms with Crippen molar-refractivity contribution >= 4 is 17.8 Å². The molecule has 0 saturated heterocycles. The highest BCUT2D eigenvalue weighted by molar-refractivity contribution is 5.83. The lowest BCUT2D eigenvalue weighted by molar-refractivity contribution is -0.150. The highest BCUT2D eigenvalue weighted by Gasteiger charge is 2.19. The summed E-state index contributed by atoms with van der Waals surface area (Å²) in [6.45, 7) is 4.81. The van der Waals surface area contributed by atoms with E-state index in [4.69, 9.17) is 10.5 Å². The quantitative estimate of drug-likeness (QED) is 0.0437. The van der Waals surface area contributed by atoms with E-state index in [1.54, 1.807) is 0 Å². The second-order valence-corrected chi connectivity index (χ2v) is 11.6. The average Bonchev–Trinajstić information content (AvgIpc) is 2.97. The molecule has 4 N–H and O–H groups in total. The summed E-state index contributed by atoms with van der Waals surface area (Å²) in [5.74, 6) is -1.33. The molecule has 0 heterocycles. The van der Waals surface area contributed by atoms with Crippen LogP contribution in [0.15, 0.2) is 24.3 Å². The van der Waals surface area contributed by atoms with Crippen LogP contribution in [0.1, 0.15) is 162 Å². The molecule has 0 aliphatic carbocycles. The molecule has 0 aliphatic heterocycles. The van der Waals surface area contributed by atoms with Gasteiger partial charge in [0.05, 0.1) is 0 Å². The number of carboxylic acid groups (broad SMARTS) is 1. The molecule has 0 bridgehead atoms. The van der Waals surface area contributed by atoms with Crippen molar-refractivity contribution in [1.82, 2.24) is 5.32 Å². The molecule has 1 amide bonds. The SMILES string of the molecule is CCCC/C=C\C/C=C\CCCCCCCC(=O)OC(CCCCCC)CCCCCC(=O)NC(CCCN)C(=O)O. The number of allylic oxidation sites excluding steroid dienone is 4. The lowest BCUT2D eigenvalue weighted by Crippen LogP contribution is -2.40. The molecule has 0 rings (SSSR count). The van der Waals surface area contributed by atoms with E-state index in [-0.39, 0.29) is 18.0 Å². The number of aliphatic carboxylic acids is 1. The highest BCUT2D eigenvalue weighted by Crippen LogP contribution is 2.17. The molecule has 2 unspecified atom stereocenters. The molecule has 0 aromatic rings. The zero-order valence-electron chi connectivity index (χ0n) is 27.1. The summed E-state index contributed by atoms with van der Waals surface area (Å²) in [5, 5.41) is 11.9. The number of unbranched alkanes of at least 4 members (excludes halogenated alkanes) is 12. The Morgan fingerprint density at radius 1 is 0.690 bits per heavy atom. The van der Waals surface area contributed by atoms with Crippen molar-refractivity contribution in [2.75, 3.05) is 6.54 Å². The van der Waals surface area contributed by atoms with Crippen molar-refractivity contribution in [1.29, 1.82) is 0 Å². The first-order valence-electron chi connectivity index (χ1n) is 17.2. The van der Waals surface area contributed by atoms with Crippen molar-refractivity contribution in [3.63, 3.8) is 0 Å². The summed E-state index contributed by atoms with van der Waals surface area (Å²) in [6.07, 6.45) is 30.9. The molecule has 2 atom stereocenters. The van der Waals surface area contributed by atoms with Gasteiger partial charge < -0.3 is 20.9 Å². The van der Waals surface area contributed by atoms with Gasteiger partial charge in [-0.1, -0.05) is 95.9 Å². The summed E-state index contributed by atoms with van der Waals surface area (Å²) >= 11 is 0. The first kappa shape index (κ1) is 39.8. The number of carbonyl (C=O) groups is 3. The minimum absolute atomic E-state index is 0.0517. The Labute approximate surface area is 257 Å². The molecule has 0 aromatic carbocycles. The van der Waals surface area contributed by atoms with Gasteiger partial charge in [-0.25, -0.2) is 4.79 Å². The Morgan fingerprint density at radius 2 is 1.26 bits per heavy atom. The molecule has 0 aliphatic rings. The lowest BCUT2D eigenvalue weighted by atomic mass is 10.0. The number of rotatable bonds is 30. The maximum Gasteiger partial charge on any atom is 0.326 e. The third-order valence-electron chi connectivity index (χ3n) is 7.52. The normalized spacial score (nSPS) is 13.0. The molecule has 42 heavy (non-hydrogen) atoms. The Balaban J connectivity index is 4.14. The minimum atomic E-state index is -1.02. The number of ether oxygens (including phenoxy) is 1. The third-order valence-corrected chi connectivity index (χ3v) is 7.52. The Hall–Kier alpha value is -2.15. The number of hydrogen-bond acceptors (Lipinski definition) is 5. The van der Waals surface area contributed by atoms with Gasteiger partial charge in [0.25, 0.3) is 0 Å². The monoisotopic (exact) mass is 592 g/mol. The molecular weight excluding hydrogens is 528 g/mol. The molecular formula is C35H64N2O5. The Kier molecular flexibility index (Phi) is 28.8. The topological polar surface area (TPSA) is 119 Å². The second kappa shape index (κ2) is 30.3. The van der Waals surface area contributed by atoms with Crippen molar-refractivity contribution in [2.45, 2.75) is 174 Å². The van der Waals surface area contributed by atoms with Gasteiger partial charge in [0, 0.05) is 12.8 Å². The molecule has 0 saturated carbocycles. The number of carboxylic acids is 1. The summed E-state index contributed by atoms with van der Waals surface area (Å²) in [6, 6.07) is -0.873. The van der Waals surface area contributed by atoms with Gasteiger partial charge in [-0.15, -0.1) is 0 Å². The molecule has 7 nitrogen and oxygen atoms in total. The predicted octanol–water partition coefficient (Wildman–Crippen LogP) is 8.55. The van der Waals surface area contributed by atoms with Gasteiger partial charge >= 0.3 is 11.9 Å². The fourth-order valence-corrected chi connectivity index (χ4v) is 4.88. The summed E-state index contributed by atoms with van der Waals surface area (Å²) in [4.78, 5) is 36.0. The first-order chi connectivity index (χ1) is 20.4. The van der Waals surface area contributed by atoms with Crippen LogP contribution in [0.4, 0.5) is 0 Å². The van der Waals surface area contributed by atoms with Gasteiger partial charge in [-0.05, 0) is 83.6 Å². The predicted molar refractivity (Wildman–Crippen MR) is 174 cm³/mol. The molecule has 0 radical (unpaired) electrons. The minimum Gasteiger partial charge on any atom is -0.480 e. The van der Waals surface area contributed by atoms with Gasteiger partial charge in [0.2, 0.25) is 5.91 Å². The van der Waals surface area contributed by atoms with E-state index in [1.165, 1.54) is 44.9 Å². The molecule has 0 fully saturated rings. The fourth-order valence-electron chi connectivity index (χ4n) is 4.88. The lowest BCUT2D eigenvalue weighted by Gasteiger charge is -2.18. The van der Waals surface area contributed by atoms with Crippen LogP contribution in [-0.4, -0.2) is 41.6 Å². The van der Waals surface area contributed by atoms with E-state index in [1.807, 2.05) is 0 Å². The van der Waals surface area contributed by atoms with Gasteiger partial charge in [0.1, 0.15) is 12.1 Å². The van der Waals surface area contributed by atoms with Gasteiger partial charge in [-0.3, -0.25) is 9.59 Å². The first-order valence-corrected chi connectivity index (χ1v) is 17.2. The van der Waals surface area contributed by atoms with Crippen LogP contribution >= 0.6 is 0 Å². The second-order valence-electron chi connectivity index (χ2n) is 11.6. The van der Waals surface area contributed by atoms with Crippen LogP contribution in [0.3, 0.4) is 0 Å². The van der Waals surface area contributed by atoms with E-state index < -0.39 is 12.0 Å². The maximum atomic E-state index is 12.5. The van der Waals surface area contributed by atoms with E-state index in [9.17, 15) is 19.5 Å². The molecule has 244 valence electrons. The summed E-state index contributed by atoms with van der Waals surface area (Å²) in [7, 11) is 0. The average molecular weight is 593 g/mol. The van der Waals surface area contributed by atoms with Crippen LogP contribution in [0, 0.1) is 0 Å². The van der Waals surface area contributed by atoms with Crippen molar-refractivity contribution < 1.29 is 24.2 Å². The van der Waals surface area contributed by atoms with Gasteiger partial charge in [0.15, 0.2) is 0 Å². The van der Waals surface area contributed by atoms with Crippen LogP contribution in [0.5, 0.6) is 0 Å². The van der Waals surface area contributed by atoms with Crippen LogP contribution in [0.25, 0.3) is 0 Å². The number of amides is 1. The molecule has 0 spiro atoms. The summed E-state index contributed by atoms with van der Waals surface area (Å²) in [5.41, 5.74) is 5.45. The van der Waals surface area contributed by atoms with Crippen LogP contribution in [0.2, 0.25) is 0 Å². The number of hydrogen-bond donors (Lipinski definition) is 3. The van der Waals surface area contributed by atoms with Crippen molar-refractivity contribution in [3.8, 4) is 0 Å². The van der Waals surface area contributed by atoms with Gasteiger partial charge in [-0.2, -0.15) is 0 Å². The third kappa shape index (κ3) is 26.7. The van der Waals surface area contributed by atoms with Crippen molar-refractivity contribution in [2.24, 2.45) is 5.73 Å². The molecule has 7 heteroatoms. The zero-order chi connectivity index (χ0) is 31.1. The number of nitrogens with one attached hydrogen (secondary N) is 1. The Morgan fingerprint density at radius 3 is 1.90 bits per heavy atom. The Bertz CT molecular complexity index is 722. The number of nitrogens with two attached hydrogens (primary N) is 1. The number of esters is 1. The highest BCUT2D eigenvalue weighted by atomic mass is 16.5. The van der Waals surface area contributed by atoms with Crippen LogP contribution < -0.4 is 11.1 Å². The fraction of sp³-hybridized carbons (Fsp3) is 0.800. The van der Waals surface area contributed by atoms with Crippen molar-refractivity contribution in [3.05, 3.63) is 24.3 Å². The largest absolute Gasteiger partial charge is 0.480 e. The van der Waals surface area contributed by atoms with E-state index in [0.717, 1.165) is 70.6 Å². The standard InChI is InChI=1S/C35H64N2O5/c1-3-5-7-9-10-11-12-13-14-15-16-17-18-23-29-34(39)42-31(25-20-8-6-4-2)26-21-19-22-28-33(38)37-32(35(40)41)27-24-30-36/h9-10,12-13,31-32H,3-8,11,14-30,36H2,1-2H3,(H,37,38)(H,40,41)/b10-9-,13-12-. The summed E-state index contributed by atoms with van der Waals surface area (Å²) < 4.78 is 5.88. The van der Waals surface area contributed by atoms with E-state index in [2.05, 4.69) is 43.5 Å². The molecule has 0 aromatic heterocycles. The van der Waals surface area contributed by atoms with Crippen LogP contribution in [-0.2, 0) is 19.1 Å². The number of carbonyl (C=O) groups excluding carboxylic acids is 2. The van der Waals surface area contributed by atoms with E-state index in [0.29, 0.717) is 38.6 Å². The maximum absolute atomic E-state index is 12.5. The smallest absolute Gasteiger partial charge is 0.326 e. The van der Waals surface area contributed by atoms with E-state index >= 15 is 0 Å². The zero-order valence-corrected chi connectivity index (χ0v) is 27.1.